The standard InChI is InChI=1S/C14H13ClN4O4.C10H13NO2/c1-2-23-11(20)7-9-3-5-10(6-4-9)18-14-12(19(21)22)13(15)16-8-17-14;1-2-13-10(12)7-8-3-5-9(11)6-4-8/h3-6,8H,2,7H2,1H3,(H,16,17,18);3-6H,2,7,11H2,1H3. The number of hydrogen-bond acceptors (Lipinski definition) is 10. The van der Waals surface area contributed by atoms with Crippen molar-refractivity contribution in [1.82, 2.24) is 9.97 Å². The first kappa shape index (κ1) is 28.0. The number of anilines is 3. The molecule has 0 spiro atoms. The van der Waals surface area contributed by atoms with Gasteiger partial charge in [-0.1, -0.05) is 35.9 Å². The highest BCUT2D eigenvalue weighted by Gasteiger charge is 2.21. The van der Waals surface area contributed by atoms with Crippen LogP contribution in [0.2, 0.25) is 5.15 Å². The Hall–Kier alpha value is -4.25. The number of hydrogen-bond donors (Lipinski definition) is 2. The molecule has 0 amide bonds. The molecule has 0 bridgehead atoms. The van der Waals surface area contributed by atoms with Gasteiger partial charge in [-0.2, -0.15) is 0 Å². The van der Waals surface area contributed by atoms with Gasteiger partial charge in [-0.15, -0.1) is 0 Å². The quantitative estimate of drug-likeness (QED) is 0.138. The van der Waals surface area contributed by atoms with E-state index in [4.69, 9.17) is 26.8 Å². The summed E-state index contributed by atoms with van der Waals surface area (Å²) in [6, 6.07) is 14.0. The first-order valence-electron chi connectivity index (χ1n) is 10.9. The molecule has 0 saturated carbocycles. The van der Waals surface area contributed by atoms with E-state index >= 15 is 0 Å². The van der Waals surface area contributed by atoms with Crippen LogP contribution in [0, 0.1) is 10.1 Å². The van der Waals surface area contributed by atoms with Crippen LogP contribution in [0.3, 0.4) is 0 Å². The molecule has 0 aliphatic carbocycles. The molecule has 3 aromatic rings. The summed E-state index contributed by atoms with van der Waals surface area (Å²) in [5.74, 6) is -0.521. The molecule has 0 fully saturated rings. The molecule has 3 rings (SSSR count). The predicted molar refractivity (Wildman–Crippen MR) is 135 cm³/mol. The monoisotopic (exact) mass is 515 g/mol. The van der Waals surface area contributed by atoms with Gasteiger partial charge in [0.25, 0.3) is 0 Å². The van der Waals surface area contributed by atoms with Gasteiger partial charge < -0.3 is 20.5 Å². The molecule has 2 aromatic carbocycles. The lowest BCUT2D eigenvalue weighted by atomic mass is 10.1. The van der Waals surface area contributed by atoms with Gasteiger partial charge in [0.05, 0.1) is 31.0 Å². The fourth-order valence-corrected chi connectivity index (χ4v) is 3.05. The van der Waals surface area contributed by atoms with Crippen LogP contribution in [-0.2, 0) is 31.9 Å². The van der Waals surface area contributed by atoms with Gasteiger partial charge in [0.15, 0.2) is 0 Å². The number of benzene rings is 2. The largest absolute Gasteiger partial charge is 0.466 e. The van der Waals surface area contributed by atoms with Crippen molar-refractivity contribution in [1.29, 1.82) is 0 Å². The molecule has 12 heteroatoms. The molecule has 0 aliphatic heterocycles. The van der Waals surface area contributed by atoms with Crippen molar-refractivity contribution < 1.29 is 24.0 Å². The Kier molecular flexibility index (Phi) is 11.1. The van der Waals surface area contributed by atoms with Crippen molar-refractivity contribution >= 4 is 46.4 Å². The Bertz CT molecular complexity index is 1170. The van der Waals surface area contributed by atoms with E-state index in [1.54, 1.807) is 50.2 Å². The summed E-state index contributed by atoms with van der Waals surface area (Å²) in [6.45, 7) is 4.29. The zero-order valence-electron chi connectivity index (χ0n) is 19.8. The normalized spacial score (nSPS) is 9.97. The zero-order valence-corrected chi connectivity index (χ0v) is 20.5. The summed E-state index contributed by atoms with van der Waals surface area (Å²) in [4.78, 5) is 40.2. The van der Waals surface area contributed by atoms with E-state index in [2.05, 4.69) is 15.3 Å². The molecule has 0 radical (unpaired) electrons. The van der Waals surface area contributed by atoms with Gasteiger partial charge in [0.1, 0.15) is 6.33 Å². The Morgan fingerprint density at radius 3 is 1.92 bits per heavy atom. The average Bonchev–Trinajstić information content (AvgIpc) is 2.82. The number of carbonyl (C=O) groups excluding carboxylic acids is 2. The van der Waals surface area contributed by atoms with Crippen LogP contribution < -0.4 is 11.1 Å². The highest BCUT2D eigenvalue weighted by Crippen LogP contribution is 2.30. The van der Waals surface area contributed by atoms with Gasteiger partial charge in [0.2, 0.25) is 11.0 Å². The van der Waals surface area contributed by atoms with E-state index in [0.29, 0.717) is 31.0 Å². The molecular formula is C24H26ClN5O6. The molecule has 0 atom stereocenters. The van der Waals surface area contributed by atoms with Crippen LogP contribution in [0.5, 0.6) is 0 Å². The minimum absolute atomic E-state index is 0.00635. The van der Waals surface area contributed by atoms with E-state index in [1.807, 2.05) is 12.1 Å². The van der Waals surface area contributed by atoms with Crippen molar-refractivity contribution in [3.8, 4) is 0 Å². The van der Waals surface area contributed by atoms with Crippen LogP contribution in [-0.4, -0.2) is 40.0 Å². The highest BCUT2D eigenvalue weighted by molar-refractivity contribution is 6.31. The molecule has 1 aromatic heterocycles. The number of nitrogens with zero attached hydrogens (tertiary/aromatic N) is 3. The number of nitro groups is 1. The second-order valence-electron chi connectivity index (χ2n) is 7.15. The number of rotatable bonds is 9. The van der Waals surface area contributed by atoms with Gasteiger partial charge in [-0.25, -0.2) is 9.97 Å². The fraction of sp³-hybridized carbons (Fsp3) is 0.250. The molecule has 0 unspecified atom stereocenters. The number of esters is 2. The van der Waals surface area contributed by atoms with E-state index in [1.165, 1.54) is 0 Å². The van der Waals surface area contributed by atoms with Crippen molar-refractivity contribution in [2.24, 2.45) is 0 Å². The number of nitrogens with two attached hydrogens (primary N) is 1. The number of halogens is 1. The van der Waals surface area contributed by atoms with Gasteiger partial charge in [0, 0.05) is 11.4 Å². The summed E-state index contributed by atoms with van der Waals surface area (Å²) in [7, 11) is 0. The Balaban J connectivity index is 0.000000297. The lowest BCUT2D eigenvalue weighted by Crippen LogP contribution is -2.07. The van der Waals surface area contributed by atoms with Crippen LogP contribution in [0.1, 0.15) is 25.0 Å². The first-order chi connectivity index (χ1) is 17.2. The number of nitrogens with one attached hydrogen (secondary N) is 1. The third-order valence-corrected chi connectivity index (χ3v) is 4.74. The van der Waals surface area contributed by atoms with E-state index < -0.39 is 10.6 Å². The van der Waals surface area contributed by atoms with Gasteiger partial charge >= 0.3 is 17.6 Å². The number of carbonyl (C=O) groups is 2. The molecule has 0 aliphatic rings. The van der Waals surface area contributed by atoms with Crippen molar-refractivity contribution in [2.45, 2.75) is 26.7 Å². The van der Waals surface area contributed by atoms with Gasteiger partial charge in [-0.3, -0.25) is 19.7 Å². The minimum Gasteiger partial charge on any atom is -0.466 e. The number of nitrogen functional groups attached to an aromatic ring is 1. The van der Waals surface area contributed by atoms with Crippen molar-refractivity contribution in [3.63, 3.8) is 0 Å². The topological polar surface area (TPSA) is 160 Å². The summed E-state index contributed by atoms with van der Waals surface area (Å²) in [5.41, 5.74) is 8.06. The third kappa shape index (κ3) is 9.18. The molecule has 11 nitrogen and oxygen atoms in total. The van der Waals surface area contributed by atoms with Crippen LogP contribution in [0.4, 0.5) is 22.9 Å². The molecule has 1 heterocycles. The molecule has 36 heavy (non-hydrogen) atoms. The van der Waals surface area contributed by atoms with Crippen LogP contribution >= 0.6 is 11.6 Å². The number of ether oxygens (including phenoxy) is 2. The maximum atomic E-state index is 11.4. The van der Waals surface area contributed by atoms with Crippen LogP contribution in [0.25, 0.3) is 0 Å². The summed E-state index contributed by atoms with van der Waals surface area (Å²) in [6.07, 6.45) is 1.61. The maximum absolute atomic E-state index is 11.4. The Morgan fingerprint density at radius 2 is 1.44 bits per heavy atom. The van der Waals surface area contributed by atoms with E-state index in [9.17, 15) is 19.7 Å². The minimum atomic E-state index is -0.653. The summed E-state index contributed by atoms with van der Waals surface area (Å²) >= 11 is 5.72. The number of aromatic nitrogens is 2. The van der Waals surface area contributed by atoms with E-state index in [-0.39, 0.29) is 29.3 Å². The SMILES string of the molecule is CCOC(=O)Cc1ccc(N)cc1.CCOC(=O)Cc1ccc(Nc2ncnc(Cl)c2[N+](=O)[O-])cc1. The molecule has 190 valence electrons. The zero-order chi connectivity index (χ0) is 26.5. The fourth-order valence-electron chi connectivity index (χ4n) is 2.85. The van der Waals surface area contributed by atoms with Gasteiger partial charge in [-0.05, 0) is 49.2 Å². The van der Waals surface area contributed by atoms with Crippen molar-refractivity contribution in [3.05, 3.63) is 81.3 Å². The smallest absolute Gasteiger partial charge is 0.348 e. The maximum Gasteiger partial charge on any atom is 0.348 e. The second kappa shape index (κ2) is 14.2. The predicted octanol–water partition coefficient (Wildman–Crippen LogP) is 4.26. The third-order valence-electron chi connectivity index (χ3n) is 4.46. The Morgan fingerprint density at radius 1 is 0.944 bits per heavy atom. The molecule has 3 N–H and O–H groups in total. The van der Waals surface area contributed by atoms with Crippen LogP contribution in [0.15, 0.2) is 54.9 Å². The summed E-state index contributed by atoms with van der Waals surface area (Å²) < 4.78 is 9.67. The van der Waals surface area contributed by atoms with Crippen molar-refractivity contribution in [2.75, 3.05) is 24.3 Å². The summed E-state index contributed by atoms with van der Waals surface area (Å²) in [5, 5.41) is 13.6. The molecular weight excluding hydrogens is 490 g/mol. The highest BCUT2D eigenvalue weighted by atomic mass is 35.5. The first-order valence-corrected chi connectivity index (χ1v) is 11.3. The lowest BCUT2D eigenvalue weighted by molar-refractivity contribution is -0.384. The average molecular weight is 516 g/mol. The second-order valence-corrected chi connectivity index (χ2v) is 7.50. The molecule has 0 saturated heterocycles. The Labute approximate surface area is 212 Å². The van der Waals surface area contributed by atoms with E-state index in [0.717, 1.165) is 17.5 Å². The lowest BCUT2D eigenvalue weighted by Gasteiger charge is -2.07.